The maximum absolute atomic E-state index is 14.0. The molecule has 92 heavy (non-hydrogen) atoms. The van der Waals surface area contributed by atoms with E-state index in [0.717, 1.165) is 43.4 Å². The Kier molecular flexibility index (Phi) is 31.0. The molecule has 8 N–H and O–H groups in total. The van der Waals surface area contributed by atoms with E-state index in [-0.39, 0.29) is 128 Å². The van der Waals surface area contributed by atoms with Crippen molar-refractivity contribution in [2.45, 2.75) is 141 Å². The summed E-state index contributed by atoms with van der Waals surface area (Å²) in [5.74, 6) is -6.75. The fourth-order valence-corrected chi connectivity index (χ4v) is 12.1. The van der Waals surface area contributed by atoms with Gasteiger partial charge in [0, 0.05) is 140 Å². The first-order valence-corrected chi connectivity index (χ1v) is 32.8. The number of rotatable bonds is 36. The third-order valence-corrected chi connectivity index (χ3v) is 17.4. The maximum atomic E-state index is 14.0. The Morgan fingerprint density at radius 1 is 0.652 bits per heavy atom. The van der Waals surface area contributed by atoms with Gasteiger partial charge >= 0.3 is 17.9 Å². The number of Topliss-reactive ketones (excluding diaryl/α,β-unsaturated/α-hetero) is 1. The summed E-state index contributed by atoms with van der Waals surface area (Å²) in [5, 5.41) is 38.3. The van der Waals surface area contributed by atoms with Crippen molar-refractivity contribution < 1.29 is 72.0 Å². The number of ether oxygens (including phenoxy) is 1. The number of ketones is 1. The van der Waals surface area contributed by atoms with Crippen LogP contribution >= 0.6 is 0 Å². The van der Waals surface area contributed by atoms with Crippen LogP contribution in [0.25, 0.3) is 10.9 Å². The molecule has 3 aromatic rings. The minimum Gasteiger partial charge on any atom is -0.494 e. The number of benzene rings is 2. The highest BCUT2D eigenvalue weighted by Crippen LogP contribution is 2.33. The molecule has 6 rings (SSSR count). The first kappa shape index (κ1) is 73.8. The monoisotopic (exact) mass is 1290 g/mol. The largest absolute Gasteiger partial charge is 0.494 e. The summed E-state index contributed by atoms with van der Waals surface area (Å²) in [6, 6.07) is 13.5. The van der Waals surface area contributed by atoms with Gasteiger partial charge in [-0.25, -0.2) is 8.78 Å². The Morgan fingerprint density at radius 2 is 1.26 bits per heavy atom. The number of piperidine rings is 1. The number of nitrogens with one attached hydrogen (secondary N) is 3. The Bertz CT molecular complexity index is 2870. The topological polar surface area (TPSA) is 318 Å². The van der Waals surface area contributed by atoms with E-state index in [2.05, 4.69) is 33.1 Å². The van der Waals surface area contributed by atoms with Crippen LogP contribution in [-0.4, -0.2) is 245 Å². The average molecular weight is 1290 g/mol. The molecule has 1 unspecified atom stereocenters. The number of carboxylic acids is 3. The number of unbranched alkanes of at least 4 members (excludes halogenated alkanes) is 4. The molecule has 0 bridgehead atoms. The molecular weight excluding hydrogens is 1190 g/mol. The zero-order chi connectivity index (χ0) is 66.4. The third kappa shape index (κ3) is 26.8. The molecule has 5 amide bonds. The van der Waals surface area contributed by atoms with Gasteiger partial charge in [0.1, 0.15) is 11.8 Å². The highest BCUT2D eigenvalue weighted by molar-refractivity contribution is 6.08. The van der Waals surface area contributed by atoms with Crippen molar-refractivity contribution in [3.05, 3.63) is 71.4 Å². The lowest BCUT2D eigenvalue weighted by atomic mass is 9.91. The molecule has 3 aliphatic heterocycles. The molecule has 26 heteroatoms. The summed E-state index contributed by atoms with van der Waals surface area (Å²) in [5.41, 5.74) is 8.95. The van der Waals surface area contributed by atoms with E-state index in [1.165, 1.54) is 17.3 Å². The summed E-state index contributed by atoms with van der Waals surface area (Å²) in [7, 11) is 0. The number of hydrogen-bond acceptors (Lipinski definition) is 16. The first-order chi connectivity index (χ1) is 44.1. The van der Waals surface area contributed by atoms with Crippen molar-refractivity contribution in [2.24, 2.45) is 11.7 Å². The molecule has 0 radical (unpaired) electrons. The SMILES string of the molecule is Cc1ccc(CCCC(=O)NCCCCC(NC(=O)CN2CCN(CC(=O)O)CCN(CC(=O)O)CCN(CC(=O)O)CC2)C(=O)NCCCCCC(=O)N2CCC(CCCCOc3ccc4nccc(C(=O)CCC(=O)N5CC(F)(F)C[C@@H]5CN)c4c3)CC2)cc1. The molecule has 3 aliphatic rings. The van der Waals surface area contributed by atoms with Crippen LogP contribution in [0.5, 0.6) is 5.75 Å². The molecule has 2 aromatic carbocycles. The lowest BCUT2D eigenvalue weighted by Gasteiger charge is -2.33. The summed E-state index contributed by atoms with van der Waals surface area (Å²) in [4.78, 5) is 129. The number of likely N-dealkylation sites (tertiary alicyclic amines) is 2. The van der Waals surface area contributed by atoms with Crippen molar-refractivity contribution in [1.82, 2.24) is 50.3 Å². The summed E-state index contributed by atoms with van der Waals surface area (Å²) < 4.78 is 34.1. The number of nitrogens with two attached hydrogens (primary N) is 1. The van der Waals surface area contributed by atoms with Crippen molar-refractivity contribution in [2.75, 3.05) is 124 Å². The van der Waals surface area contributed by atoms with Gasteiger partial charge in [-0.1, -0.05) is 42.7 Å². The number of fused-ring (bicyclic) bond motifs is 1. The van der Waals surface area contributed by atoms with Crippen molar-refractivity contribution >= 4 is 64.1 Å². The van der Waals surface area contributed by atoms with Crippen molar-refractivity contribution in [3.8, 4) is 5.75 Å². The highest BCUT2D eigenvalue weighted by Gasteiger charge is 2.46. The number of carbonyl (C=O) groups is 9. The van der Waals surface area contributed by atoms with Gasteiger partial charge in [0.15, 0.2) is 5.78 Å². The van der Waals surface area contributed by atoms with Crippen LogP contribution in [-0.2, 0) is 44.8 Å². The van der Waals surface area contributed by atoms with E-state index < -0.39 is 60.7 Å². The Morgan fingerprint density at radius 3 is 1.88 bits per heavy atom. The van der Waals surface area contributed by atoms with E-state index in [9.17, 15) is 67.3 Å². The van der Waals surface area contributed by atoms with Crippen LogP contribution in [0.1, 0.15) is 131 Å². The van der Waals surface area contributed by atoms with Gasteiger partial charge in [-0.05, 0) is 113 Å². The number of halogens is 2. The third-order valence-electron chi connectivity index (χ3n) is 17.4. The van der Waals surface area contributed by atoms with Gasteiger partial charge in [0.05, 0.1) is 44.8 Å². The molecule has 3 saturated heterocycles. The number of carboxylic acid groups (broad SMARTS) is 3. The molecule has 4 heterocycles. The molecule has 508 valence electrons. The van der Waals surface area contributed by atoms with Crippen molar-refractivity contribution in [3.63, 3.8) is 0 Å². The number of carbonyl (C=O) groups excluding carboxylic acids is 6. The van der Waals surface area contributed by atoms with Crippen LogP contribution in [0.3, 0.4) is 0 Å². The zero-order valence-corrected chi connectivity index (χ0v) is 53.5. The standard InChI is InChI=1S/C66H97F2N11O13/c1-48-15-17-49(18-16-48)11-9-13-58(81)71-26-7-4-12-56(73-59(82)43-74-31-33-75(44-62(85)86)35-37-77(46-64(89)90)38-36-76(34-32-74)45-63(87)88)65(91)72-27-6-2-3-14-60(83)78-29-24-50(25-30-78)10-5-8-39-92-52-19-20-55-54(40-52)53(23-28-70-55)57(80)21-22-61(84)79-47-66(67,68)41-51(79)42-69/h15-20,23,28,40,50-51,56H,2-14,21-22,24-27,29-39,41-47,69H2,1H3,(H,71,81)(H,72,91)(H,73,82)(H,85,86)(H,87,88)(H,89,90)/t51-,56?/m1/s1. The fraction of sp³-hybridized carbons (Fsp3) is 0.636. The lowest BCUT2D eigenvalue weighted by Crippen LogP contribution is -2.52. The van der Waals surface area contributed by atoms with Crippen LogP contribution in [0.4, 0.5) is 8.78 Å². The van der Waals surface area contributed by atoms with E-state index in [1.54, 1.807) is 43.9 Å². The predicted molar refractivity (Wildman–Crippen MR) is 341 cm³/mol. The van der Waals surface area contributed by atoms with Crippen LogP contribution < -0.4 is 26.4 Å². The predicted octanol–water partition coefficient (Wildman–Crippen LogP) is 4.43. The Hall–Kier alpha value is -7.26. The first-order valence-electron chi connectivity index (χ1n) is 32.8. The Balaban J connectivity index is 0.907. The number of amides is 5. The van der Waals surface area contributed by atoms with Gasteiger partial charge in [-0.2, -0.15) is 0 Å². The highest BCUT2D eigenvalue weighted by atomic mass is 19.3. The summed E-state index contributed by atoms with van der Waals surface area (Å²) >= 11 is 0. The van der Waals surface area contributed by atoms with Gasteiger partial charge in [0.25, 0.3) is 5.92 Å². The lowest BCUT2D eigenvalue weighted by molar-refractivity contribution is -0.140. The molecular formula is C66H97F2N11O13. The number of pyridine rings is 1. The van der Waals surface area contributed by atoms with E-state index >= 15 is 0 Å². The van der Waals surface area contributed by atoms with E-state index in [0.29, 0.717) is 112 Å². The minimum absolute atomic E-state index is 0.0635. The quantitative estimate of drug-likeness (QED) is 0.0313. The molecule has 3 fully saturated rings. The molecule has 24 nitrogen and oxygen atoms in total. The molecule has 0 spiro atoms. The maximum Gasteiger partial charge on any atom is 0.317 e. The number of aliphatic carboxylic acids is 3. The molecule has 1 aromatic heterocycles. The number of nitrogens with zero attached hydrogens (tertiary/aromatic N) is 7. The molecule has 0 aliphatic carbocycles. The normalized spacial score (nSPS) is 17.7. The van der Waals surface area contributed by atoms with Crippen LogP contribution in [0.15, 0.2) is 54.7 Å². The summed E-state index contributed by atoms with van der Waals surface area (Å²) in [6.07, 6.45) is 10.8. The number of alkyl halides is 2. The fourth-order valence-electron chi connectivity index (χ4n) is 12.1. The van der Waals surface area contributed by atoms with Gasteiger partial charge in [0.2, 0.25) is 29.5 Å². The second-order valence-electron chi connectivity index (χ2n) is 24.8. The molecule has 2 atom stereocenters. The van der Waals surface area contributed by atoms with Crippen LogP contribution in [0, 0.1) is 12.8 Å². The van der Waals surface area contributed by atoms with Gasteiger partial charge in [-0.3, -0.25) is 67.7 Å². The average Bonchev–Trinajstić information content (AvgIpc) is 1.26. The minimum atomic E-state index is -3.00. The van der Waals surface area contributed by atoms with E-state index in [1.807, 2.05) is 24.0 Å². The summed E-state index contributed by atoms with van der Waals surface area (Å²) in [6.45, 7) is 4.54. The van der Waals surface area contributed by atoms with Gasteiger partial charge in [-0.15, -0.1) is 0 Å². The van der Waals surface area contributed by atoms with E-state index in [4.69, 9.17) is 10.5 Å². The second kappa shape index (κ2) is 38.7. The van der Waals surface area contributed by atoms with Crippen LogP contribution in [0.2, 0.25) is 0 Å². The van der Waals surface area contributed by atoms with Crippen molar-refractivity contribution in [1.29, 1.82) is 0 Å². The zero-order valence-electron chi connectivity index (χ0n) is 53.5. The number of aryl methyl sites for hydroxylation is 2. The smallest absolute Gasteiger partial charge is 0.317 e. The Labute approximate surface area is 538 Å². The van der Waals surface area contributed by atoms with Gasteiger partial charge < -0.3 is 51.5 Å². The second-order valence-corrected chi connectivity index (χ2v) is 24.8. The number of aromatic nitrogens is 1. The number of hydrogen-bond donors (Lipinski definition) is 7. The molecule has 0 saturated carbocycles.